The van der Waals surface area contributed by atoms with Gasteiger partial charge in [-0.15, -0.1) is 11.3 Å². The number of carbonyl (C=O) groups is 1. The van der Waals surface area contributed by atoms with Crippen molar-refractivity contribution >= 4 is 17.3 Å². The average Bonchev–Trinajstić information content (AvgIpc) is 2.78. The van der Waals surface area contributed by atoms with Crippen LogP contribution in [0.5, 0.6) is 0 Å². The third-order valence-corrected chi connectivity index (χ3v) is 2.94. The molecule has 5 nitrogen and oxygen atoms in total. The number of hydrogen-bond acceptors (Lipinski definition) is 6. The lowest BCUT2D eigenvalue weighted by atomic mass is 10.4. The Bertz CT molecular complexity index is 341. The Morgan fingerprint density at radius 2 is 2.35 bits per heavy atom. The summed E-state index contributed by atoms with van der Waals surface area (Å²) in [6, 6.07) is 0. The Kier molecular flexibility index (Phi) is 6.76. The second kappa shape index (κ2) is 8.16. The van der Waals surface area contributed by atoms with Gasteiger partial charge in [-0.25, -0.2) is 9.78 Å². The predicted molar refractivity (Wildman–Crippen MR) is 66.5 cm³/mol. The second-order valence-electron chi connectivity index (χ2n) is 3.34. The SMILES string of the molecule is CCOC(=O)c1csc(CCNCCOC)n1. The molecule has 6 heteroatoms. The van der Waals surface area contributed by atoms with Crippen LogP contribution in [0.25, 0.3) is 0 Å². The number of nitrogens with zero attached hydrogens (tertiary/aromatic N) is 1. The number of thiazole rings is 1. The molecule has 96 valence electrons. The molecule has 1 heterocycles. The maximum absolute atomic E-state index is 11.4. The maximum atomic E-state index is 11.4. The molecule has 1 rings (SSSR count). The van der Waals surface area contributed by atoms with Crippen LogP contribution in [-0.2, 0) is 15.9 Å². The Labute approximate surface area is 105 Å². The number of hydrogen-bond donors (Lipinski definition) is 1. The van der Waals surface area contributed by atoms with Crippen LogP contribution < -0.4 is 5.32 Å². The van der Waals surface area contributed by atoms with Gasteiger partial charge in [0.1, 0.15) is 0 Å². The van der Waals surface area contributed by atoms with Gasteiger partial charge in [0, 0.05) is 32.0 Å². The monoisotopic (exact) mass is 258 g/mol. The Hall–Kier alpha value is -0.980. The van der Waals surface area contributed by atoms with Gasteiger partial charge in [0.15, 0.2) is 5.69 Å². The van der Waals surface area contributed by atoms with Crippen molar-refractivity contribution in [3.8, 4) is 0 Å². The van der Waals surface area contributed by atoms with E-state index in [9.17, 15) is 4.79 Å². The van der Waals surface area contributed by atoms with Gasteiger partial charge >= 0.3 is 5.97 Å². The van der Waals surface area contributed by atoms with Crippen molar-refractivity contribution in [2.24, 2.45) is 0 Å². The Morgan fingerprint density at radius 3 is 3.06 bits per heavy atom. The lowest BCUT2D eigenvalue weighted by molar-refractivity contribution is 0.0520. The second-order valence-corrected chi connectivity index (χ2v) is 4.28. The summed E-state index contributed by atoms with van der Waals surface area (Å²) in [6.45, 7) is 4.52. The molecule has 0 atom stereocenters. The summed E-state index contributed by atoms with van der Waals surface area (Å²) in [7, 11) is 1.67. The van der Waals surface area contributed by atoms with Gasteiger partial charge in [0.25, 0.3) is 0 Å². The van der Waals surface area contributed by atoms with E-state index in [2.05, 4.69) is 10.3 Å². The summed E-state index contributed by atoms with van der Waals surface area (Å²) >= 11 is 1.48. The zero-order valence-corrected chi connectivity index (χ0v) is 11.0. The molecule has 0 aliphatic heterocycles. The van der Waals surface area contributed by atoms with E-state index in [0.29, 0.717) is 18.9 Å². The van der Waals surface area contributed by atoms with Gasteiger partial charge in [-0.05, 0) is 6.92 Å². The molecule has 0 amide bonds. The summed E-state index contributed by atoms with van der Waals surface area (Å²) in [5.41, 5.74) is 0.406. The van der Waals surface area contributed by atoms with Crippen molar-refractivity contribution in [2.45, 2.75) is 13.3 Å². The number of aromatic nitrogens is 1. The first-order valence-electron chi connectivity index (χ1n) is 5.59. The fraction of sp³-hybridized carbons (Fsp3) is 0.636. The summed E-state index contributed by atoms with van der Waals surface area (Å²) in [6.07, 6.45) is 0.813. The van der Waals surface area contributed by atoms with E-state index in [0.717, 1.165) is 24.5 Å². The molecule has 0 fully saturated rings. The van der Waals surface area contributed by atoms with Gasteiger partial charge in [-0.1, -0.05) is 0 Å². The van der Waals surface area contributed by atoms with Crippen LogP contribution in [0.3, 0.4) is 0 Å². The number of methoxy groups -OCH3 is 1. The van der Waals surface area contributed by atoms with Crippen LogP contribution >= 0.6 is 11.3 Å². The van der Waals surface area contributed by atoms with E-state index in [1.165, 1.54) is 11.3 Å². The largest absolute Gasteiger partial charge is 0.461 e. The van der Waals surface area contributed by atoms with E-state index in [1.807, 2.05) is 0 Å². The van der Waals surface area contributed by atoms with Crippen LogP contribution in [0.2, 0.25) is 0 Å². The minimum Gasteiger partial charge on any atom is -0.461 e. The van der Waals surface area contributed by atoms with Gasteiger partial charge < -0.3 is 14.8 Å². The van der Waals surface area contributed by atoms with Crippen molar-refractivity contribution in [3.63, 3.8) is 0 Å². The first-order chi connectivity index (χ1) is 8.27. The number of nitrogens with one attached hydrogen (secondary N) is 1. The van der Waals surface area contributed by atoms with Crippen molar-refractivity contribution in [3.05, 3.63) is 16.1 Å². The molecule has 0 radical (unpaired) electrons. The number of rotatable bonds is 8. The van der Waals surface area contributed by atoms with Gasteiger partial charge in [-0.3, -0.25) is 0 Å². The van der Waals surface area contributed by atoms with Crippen molar-refractivity contribution in [1.82, 2.24) is 10.3 Å². The van der Waals surface area contributed by atoms with Gasteiger partial charge in [0.05, 0.1) is 18.2 Å². The summed E-state index contributed by atoms with van der Waals surface area (Å²) in [5.74, 6) is -0.345. The molecule has 1 N–H and O–H groups in total. The molecule has 0 unspecified atom stereocenters. The topological polar surface area (TPSA) is 60.5 Å². The number of ether oxygens (including phenoxy) is 2. The maximum Gasteiger partial charge on any atom is 0.357 e. The quantitative estimate of drug-likeness (QED) is 0.559. The van der Waals surface area contributed by atoms with Crippen molar-refractivity contribution in [1.29, 1.82) is 0 Å². The van der Waals surface area contributed by atoms with Crippen LogP contribution in [0.4, 0.5) is 0 Å². The summed E-state index contributed by atoms with van der Waals surface area (Å²) in [4.78, 5) is 15.6. The third kappa shape index (κ3) is 5.25. The highest BCUT2D eigenvalue weighted by molar-refractivity contribution is 7.09. The van der Waals surface area contributed by atoms with E-state index in [1.54, 1.807) is 19.4 Å². The predicted octanol–water partition coefficient (Wildman–Crippen LogP) is 1.10. The standard InChI is InChI=1S/C11H18N2O3S/c1-3-16-11(14)9-8-17-10(13-9)4-5-12-6-7-15-2/h8,12H,3-7H2,1-2H3. The molecule has 1 aromatic rings. The van der Waals surface area contributed by atoms with Crippen LogP contribution in [0, 0.1) is 0 Å². The molecular formula is C11H18N2O3S. The number of esters is 1. The lowest BCUT2D eigenvalue weighted by Gasteiger charge is -2.01. The zero-order chi connectivity index (χ0) is 12.5. The van der Waals surface area contributed by atoms with E-state index < -0.39 is 0 Å². The number of carbonyl (C=O) groups excluding carboxylic acids is 1. The normalized spacial score (nSPS) is 10.5. The van der Waals surface area contributed by atoms with Crippen molar-refractivity contribution < 1.29 is 14.3 Å². The van der Waals surface area contributed by atoms with Crippen LogP contribution in [-0.4, -0.2) is 44.4 Å². The van der Waals surface area contributed by atoms with Crippen LogP contribution in [0.15, 0.2) is 5.38 Å². The Balaban J connectivity index is 2.28. The molecule has 17 heavy (non-hydrogen) atoms. The lowest BCUT2D eigenvalue weighted by Crippen LogP contribution is -2.21. The van der Waals surface area contributed by atoms with E-state index in [4.69, 9.17) is 9.47 Å². The molecule has 0 aromatic carbocycles. The highest BCUT2D eigenvalue weighted by Crippen LogP contribution is 2.11. The smallest absolute Gasteiger partial charge is 0.357 e. The molecule has 0 aliphatic rings. The van der Waals surface area contributed by atoms with E-state index >= 15 is 0 Å². The van der Waals surface area contributed by atoms with Gasteiger partial charge in [-0.2, -0.15) is 0 Å². The average molecular weight is 258 g/mol. The molecule has 0 bridgehead atoms. The first kappa shape index (κ1) is 14.1. The zero-order valence-electron chi connectivity index (χ0n) is 10.2. The molecular weight excluding hydrogens is 240 g/mol. The van der Waals surface area contributed by atoms with Gasteiger partial charge in [0.2, 0.25) is 0 Å². The first-order valence-corrected chi connectivity index (χ1v) is 6.47. The van der Waals surface area contributed by atoms with Crippen LogP contribution in [0.1, 0.15) is 22.4 Å². The minimum absolute atomic E-state index is 0.345. The summed E-state index contributed by atoms with van der Waals surface area (Å²) < 4.78 is 9.79. The van der Waals surface area contributed by atoms with E-state index in [-0.39, 0.29) is 5.97 Å². The summed E-state index contributed by atoms with van der Waals surface area (Å²) in [5, 5.41) is 5.91. The fourth-order valence-electron chi connectivity index (χ4n) is 1.22. The molecule has 0 aliphatic carbocycles. The van der Waals surface area contributed by atoms with Crippen molar-refractivity contribution in [2.75, 3.05) is 33.4 Å². The molecule has 1 aromatic heterocycles. The third-order valence-electron chi connectivity index (χ3n) is 2.03. The fourth-order valence-corrected chi connectivity index (χ4v) is 1.99. The molecule has 0 saturated carbocycles. The molecule has 0 spiro atoms. The highest BCUT2D eigenvalue weighted by atomic mass is 32.1. The molecule has 0 saturated heterocycles. The minimum atomic E-state index is -0.345. The Morgan fingerprint density at radius 1 is 1.53 bits per heavy atom. The highest BCUT2D eigenvalue weighted by Gasteiger charge is 2.10.